The Morgan fingerprint density at radius 3 is 2.68 bits per heavy atom. The zero-order valence-corrected chi connectivity index (χ0v) is 19.0. The Hall–Kier alpha value is -3.30. The van der Waals surface area contributed by atoms with Crippen LogP contribution < -0.4 is 14.9 Å². The molecule has 2 aromatic carbocycles. The number of fused-ring (bicyclic) bond motifs is 3. The second-order valence-corrected chi connectivity index (χ2v) is 8.94. The molecule has 0 fully saturated rings. The molecule has 176 valence electrons. The number of nitrogens with zero attached hydrogens (tertiary/aromatic N) is 1. The van der Waals surface area contributed by atoms with E-state index in [0.29, 0.717) is 31.1 Å². The lowest BCUT2D eigenvalue weighted by Crippen LogP contribution is -2.33. The fraction of sp³-hybridized carbons (Fsp3) is 0.240. The summed E-state index contributed by atoms with van der Waals surface area (Å²) in [6.45, 7) is 1.28. The van der Waals surface area contributed by atoms with Gasteiger partial charge in [-0.05, 0) is 36.1 Å². The molecule has 0 bridgehead atoms. The summed E-state index contributed by atoms with van der Waals surface area (Å²) in [7, 11) is 1.34. The number of thiophene rings is 1. The molecule has 0 saturated heterocycles. The summed E-state index contributed by atoms with van der Waals surface area (Å²) < 4.78 is 59.0. The molecule has 5 nitrogen and oxygen atoms in total. The lowest BCUT2D eigenvalue weighted by Gasteiger charge is -2.29. The van der Waals surface area contributed by atoms with Crippen molar-refractivity contribution in [2.45, 2.75) is 19.1 Å². The molecular formula is C25H20F3NO4S. The molecule has 0 atom stereocenters. The van der Waals surface area contributed by atoms with Crippen LogP contribution in [0.4, 0.5) is 13.2 Å². The summed E-state index contributed by atoms with van der Waals surface area (Å²) in [6.07, 6.45) is -4.10. The third kappa shape index (κ3) is 4.05. The molecule has 0 radical (unpaired) electrons. The molecule has 5 rings (SSSR count). The Morgan fingerprint density at radius 2 is 1.94 bits per heavy atom. The van der Waals surface area contributed by atoms with Crippen molar-refractivity contribution in [2.75, 3.05) is 20.4 Å². The number of ether oxygens (including phenoxy) is 2. The van der Waals surface area contributed by atoms with Gasteiger partial charge in [0.2, 0.25) is 11.2 Å². The first-order valence-corrected chi connectivity index (χ1v) is 11.5. The van der Waals surface area contributed by atoms with Crippen LogP contribution in [-0.4, -0.2) is 25.3 Å². The molecule has 0 unspecified atom stereocenters. The highest BCUT2D eigenvalue weighted by atomic mass is 32.1. The Labute approximate surface area is 197 Å². The summed E-state index contributed by atoms with van der Waals surface area (Å²) in [5.74, 6) is -0.777. The third-order valence-corrected chi connectivity index (χ3v) is 6.73. The van der Waals surface area contributed by atoms with Crippen molar-refractivity contribution < 1.29 is 27.1 Å². The molecule has 0 spiro atoms. The smallest absolute Gasteiger partial charge is 0.450 e. The summed E-state index contributed by atoms with van der Waals surface area (Å²) in [6, 6.07) is 13.2. The number of hydrogen-bond acceptors (Lipinski definition) is 6. The van der Waals surface area contributed by atoms with Crippen LogP contribution in [0.1, 0.15) is 16.2 Å². The van der Waals surface area contributed by atoms with Crippen LogP contribution in [0.25, 0.3) is 22.1 Å². The summed E-state index contributed by atoms with van der Waals surface area (Å²) in [5.41, 5.74) is -0.974. The Morgan fingerprint density at radius 1 is 1.12 bits per heavy atom. The van der Waals surface area contributed by atoms with E-state index in [0.717, 1.165) is 6.42 Å². The maximum atomic E-state index is 14.2. The predicted octanol–water partition coefficient (Wildman–Crippen LogP) is 5.94. The zero-order chi connectivity index (χ0) is 23.9. The van der Waals surface area contributed by atoms with E-state index < -0.39 is 22.9 Å². The SMILES string of the molecule is COc1ccccc1-c1c(C(F)(F)F)oc2c3c(ccc2c1=O)OCN(CCc1cccs1)C3. The van der Waals surface area contributed by atoms with Gasteiger partial charge in [0.05, 0.1) is 23.6 Å². The highest BCUT2D eigenvalue weighted by molar-refractivity contribution is 7.09. The molecule has 0 N–H and O–H groups in total. The van der Waals surface area contributed by atoms with Gasteiger partial charge in [-0.3, -0.25) is 9.69 Å². The van der Waals surface area contributed by atoms with Gasteiger partial charge in [-0.25, -0.2) is 0 Å². The van der Waals surface area contributed by atoms with Crippen molar-refractivity contribution in [2.24, 2.45) is 0 Å². The van der Waals surface area contributed by atoms with E-state index in [1.807, 2.05) is 22.4 Å². The monoisotopic (exact) mass is 487 g/mol. The highest BCUT2D eigenvalue weighted by Gasteiger charge is 2.40. The van der Waals surface area contributed by atoms with Gasteiger partial charge in [0.25, 0.3) is 0 Å². The molecule has 0 amide bonds. The Balaban J connectivity index is 1.64. The summed E-state index contributed by atoms with van der Waals surface area (Å²) >= 11 is 1.65. The van der Waals surface area contributed by atoms with Crippen molar-refractivity contribution in [1.29, 1.82) is 0 Å². The number of alkyl halides is 3. The van der Waals surface area contributed by atoms with Gasteiger partial charge in [0.15, 0.2) is 0 Å². The van der Waals surface area contributed by atoms with Gasteiger partial charge in [-0.2, -0.15) is 13.2 Å². The molecule has 4 aromatic rings. The minimum absolute atomic E-state index is 0.0273. The van der Waals surface area contributed by atoms with Crippen molar-refractivity contribution in [3.63, 3.8) is 0 Å². The number of halogens is 3. The Kier molecular flexibility index (Phi) is 5.83. The first-order valence-electron chi connectivity index (χ1n) is 10.6. The predicted molar refractivity (Wildman–Crippen MR) is 123 cm³/mol. The van der Waals surface area contributed by atoms with Crippen molar-refractivity contribution in [3.05, 3.63) is 80.3 Å². The molecule has 3 heterocycles. The Bertz CT molecular complexity index is 1400. The molecule has 1 aliphatic rings. The first-order chi connectivity index (χ1) is 16.4. The van der Waals surface area contributed by atoms with Crippen molar-refractivity contribution in [1.82, 2.24) is 4.90 Å². The van der Waals surface area contributed by atoms with E-state index in [-0.39, 0.29) is 22.3 Å². The van der Waals surface area contributed by atoms with Gasteiger partial charge >= 0.3 is 6.18 Å². The van der Waals surface area contributed by atoms with Gasteiger partial charge < -0.3 is 13.9 Å². The second kappa shape index (κ2) is 8.81. The van der Waals surface area contributed by atoms with Gasteiger partial charge in [-0.15, -0.1) is 11.3 Å². The van der Waals surface area contributed by atoms with Crippen LogP contribution in [0.2, 0.25) is 0 Å². The van der Waals surface area contributed by atoms with Gasteiger partial charge in [-0.1, -0.05) is 24.3 Å². The largest absolute Gasteiger partial charge is 0.496 e. The fourth-order valence-electron chi connectivity index (χ4n) is 4.17. The van der Waals surface area contributed by atoms with Crippen molar-refractivity contribution >= 4 is 22.3 Å². The summed E-state index contributed by atoms with van der Waals surface area (Å²) in [5, 5.41) is 2.06. The molecule has 2 aromatic heterocycles. The van der Waals surface area contributed by atoms with Gasteiger partial charge in [0.1, 0.15) is 23.8 Å². The fourth-order valence-corrected chi connectivity index (χ4v) is 4.87. The van der Waals surface area contributed by atoms with Crippen LogP contribution in [0.15, 0.2) is 63.1 Å². The van der Waals surface area contributed by atoms with E-state index in [9.17, 15) is 18.0 Å². The minimum atomic E-state index is -4.89. The molecular weight excluding hydrogens is 467 g/mol. The maximum absolute atomic E-state index is 14.2. The average Bonchev–Trinajstić information content (AvgIpc) is 3.35. The molecule has 1 aliphatic heterocycles. The number of benzene rings is 2. The van der Waals surface area contributed by atoms with Crippen LogP contribution in [0.5, 0.6) is 11.5 Å². The molecule has 0 saturated carbocycles. The average molecular weight is 487 g/mol. The number of hydrogen-bond donors (Lipinski definition) is 0. The molecule has 34 heavy (non-hydrogen) atoms. The highest BCUT2D eigenvalue weighted by Crippen LogP contribution is 2.42. The standard InChI is InChI=1S/C25H20F3NO4S/c1-31-19-7-3-2-6-16(19)21-22(30)17-8-9-20-18(23(17)33-24(21)25(26,27)28)13-29(14-32-20)11-10-15-5-4-12-34-15/h2-9,12H,10-11,13-14H2,1H3. The van der Waals surface area contributed by atoms with Crippen molar-refractivity contribution in [3.8, 4) is 22.6 Å². The van der Waals surface area contributed by atoms with Crippen LogP contribution >= 0.6 is 11.3 Å². The van der Waals surface area contributed by atoms with E-state index in [4.69, 9.17) is 13.9 Å². The van der Waals surface area contributed by atoms with Crippen LogP contribution in [0, 0.1) is 0 Å². The van der Waals surface area contributed by atoms with Gasteiger partial charge in [0, 0.05) is 23.5 Å². The first kappa shape index (κ1) is 22.5. The minimum Gasteiger partial charge on any atom is -0.496 e. The zero-order valence-electron chi connectivity index (χ0n) is 18.1. The van der Waals surface area contributed by atoms with Crippen LogP contribution in [-0.2, 0) is 19.1 Å². The molecule has 9 heteroatoms. The second-order valence-electron chi connectivity index (χ2n) is 7.91. The van der Waals surface area contributed by atoms with E-state index in [2.05, 4.69) is 0 Å². The number of methoxy groups -OCH3 is 1. The normalized spacial score (nSPS) is 14.1. The van der Waals surface area contributed by atoms with E-state index in [1.54, 1.807) is 29.5 Å². The van der Waals surface area contributed by atoms with E-state index >= 15 is 0 Å². The van der Waals surface area contributed by atoms with Crippen LogP contribution in [0.3, 0.4) is 0 Å². The summed E-state index contributed by atoms with van der Waals surface area (Å²) in [4.78, 5) is 16.6. The number of rotatable bonds is 5. The number of para-hydroxylation sites is 1. The van der Waals surface area contributed by atoms with E-state index in [1.165, 1.54) is 30.2 Å². The molecule has 0 aliphatic carbocycles. The third-order valence-electron chi connectivity index (χ3n) is 5.79. The lowest BCUT2D eigenvalue weighted by molar-refractivity contribution is -0.152. The maximum Gasteiger partial charge on any atom is 0.450 e. The topological polar surface area (TPSA) is 51.9 Å². The quantitative estimate of drug-likeness (QED) is 0.349. The lowest BCUT2D eigenvalue weighted by atomic mass is 9.99.